The molecule has 6 nitrogen and oxygen atoms in total. The molecule has 1 atom stereocenters. The van der Waals surface area contributed by atoms with E-state index in [0.29, 0.717) is 24.8 Å². The fourth-order valence-electron chi connectivity index (χ4n) is 2.68. The molecule has 7 heteroatoms. The fraction of sp³-hybridized carbons (Fsp3) is 0.412. The second-order valence-corrected chi connectivity index (χ2v) is 6.74. The van der Waals surface area contributed by atoms with Gasteiger partial charge in [0.1, 0.15) is 12.4 Å². The van der Waals surface area contributed by atoms with Crippen LogP contribution in [0, 0.1) is 6.92 Å². The minimum Gasteiger partial charge on any atom is -0.492 e. The highest BCUT2D eigenvalue weighted by Crippen LogP contribution is 2.25. The molecule has 0 spiro atoms. The lowest BCUT2D eigenvalue weighted by atomic mass is 10.1. The molecule has 1 amide bonds. The van der Waals surface area contributed by atoms with E-state index in [9.17, 15) is 9.90 Å². The Labute approximate surface area is 145 Å². The zero-order chi connectivity index (χ0) is 17.1. The molecule has 128 valence electrons. The summed E-state index contributed by atoms with van der Waals surface area (Å²) in [4.78, 5) is 18.8. The quantitative estimate of drug-likeness (QED) is 0.887. The summed E-state index contributed by atoms with van der Waals surface area (Å²) in [6.45, 7) is 5.57. The maximum Gasteiger partial charge on any atom is 0.243 e. The molecule has 0 bridgehead atoms. The van der Waals surface area contributed by atoms with Gasteiger partial charge in [0.15, 0.2) is 5.13 Å². The van der Waals surface area contributed by atoms with Crippen LogP contribution in [0.3, 0.4) is 0 Å². The standard InChI is InChI=1S/C17H21N3O3S/c1-11-10-24-17(18-11)19-16(22)12(2)20-5-6-23-15-4-3-13(9-21)7-14(15)8-20/h3-4,7,10,12,21H,5-6,8-9H2,1-2H3,(H,18,19,22). The van der Waals surface area contributed by atoms with Crippen LogP contribution in [0.15, 0.2) is 23.6 Å². The number of hydrogen-bond donors (Lipinski definition) is 2. The Bertz CT molecular complexity index is 732. The van der Waals surface area contributed by atoms with Gasteiger partial charge in [0.25, 0.3) is 0 Å². The fourth-order valence-corrected chi connectivity index (χ4v) is 3.37. The molecule has 1 aromatic carbocycles. The molecule has 1 aromatic heterocycles. The number of hydrogen-bond acceptors (Lipinski definition) is 6. The minimum atomic E-state index is -0.304. The molecule has 2 aromatic rings. The van der Waals surface area contributed by atoms with Gasteiger partial charge >= 0.3 is 0 Å². The number of aromatic nitrogens is 1. The first-order chi connectivity index (χ1) is 11.6. The first-order valence-electron chi connectivity index (χ1n) is 7.89. The molecule has 0 aliphatic carbocycles. The van der Waals surface area contributed by atoms with Gasteiger partial charge in [0.2, 0.25) is 5.91 Å². The summed E-state index contributed by atoms with van der Waals surface area (Å²) in [5.74, 6) is 0.740. The maximum absolute atomic E-state index is 12.5. The van der Waals surface area contributed by atoms with Crippen LogP contribution in [0.25, 0.3) is 0 Å². The molecule has 0 saturated carbocycles. The highest BCUT2D eigenvalue weighted by Gasteiger charge is 2.25. The number of nitrogens with one attached hydrogen (secondary N) is 1. The van der Waals surface area contributed by atoms with E-state index in [1.54, 1.807) is 0 Å². The Morgan fingerprint density at radius 2 is 2.38 bits per heavy atom. The minimum absolute atomic E-state index is 0.00722. The van der Waals surface area contributed by atoms with E-state index in [-0.39, 0.29) is 18.6 Å². The number of rotatable bonds is 4. The van der Waals surface area contributed by atoms with Crippen molar-refractivity contribution in [3.63, 3.8) is 0 Å². The van der Waals surface area contributed by atoms with Gasteiger partial charge in [0, 0.05) is 24.0 Å². The number of aryl methyl sites for hydroxylation is 1. The molecule has 1 aliphatic heterocycles. The van der Waals surface area contributed by atoms with Crippen LogP contribution in [0.2, 0.25) is 0 Å². The molecule has 2 N–H and O–H groups in total. The van der Waals surface area contributed by atoms with Crippen molar-refractivity contribution in [1.29, 1.82) is 0 Å². The summed E-state index contributed by atoms with van der Waals surface area (Å²) in [5, 5.41) is 14.7. The summed E-state index contributed by atoms with van der Waals surface area (Å²) in [6, 6.07) is 5.37. The first-order valence-corrected chi connectivity index (χ1v) is 8.77. The molecule has 0 fully saturated rings. The normalized spacial score (nSPS) is 16.0. The van der Waals surface area contributed by atoms with E-state index >= 15 is 0 Å². The number of nitrogens with zero attached hydrogens (tertiary/aromatic N) is 2. The lowest BCUT2D eigenvalue weighted by Crippen LogP contribution is -2.42. The van der Waals surface area contributed by atoms with Crippen LogP contribution in [0.4, 0.5) is 5.13 Å². The molecular weight excluding hydrogens is 326 g/mol. The molecule has 3 rings (SSSR count). The Hall–Kier alpha value is -1.96. The van der Waals surface area contributed by atoms with Gasteiger partial charge in [-0.25, -0.2) is 4.98 Å². The zero-order valence-electron chi connectivity index (χ0n) is 13.8. The third-order valence-corrected chi connectivity index (χ3v) is 4.97. The van der Waals surface area contributed by atoms with Gasteiger partial charge in [-0.1, -0.05) is 6.07 Å². The van der Waals surface area contributed by atoms with Crippen LogP contribution in [-0.2, 0) is 17.9 Å². The van der Waals surface area contributed by atoms with Gasteiger partial charge < -0.3 is 15.2 Å². The number of carbonyl (C=O) groups excluding carboxylic acids is 1. The van der Waals surface area contributed by atoms with Crippen LogP contribution in [-0.4, -0.2) is 40.1 Å². The number of fused-ring (bicyclic) bond motifs is 1. The van der Waals surface area contributed by atoms with Crippen molar-refractivity contribution in [2.45, 2.75) is 33.0 Å². The monoisotopic (exact) mass is 347 g/mol. The molecule has 0 saturated heterocycles. The second kappa shape index (κ2) is 7.29. The van der Waals surface area contributed by atoms with Gasteiger partial charge in [-0.05, 0) is 31.5 Å². The Balaban J connectivity index is 1.72. The number of anilines is 1. The third-order valence-electron chi connectivity index (χ3n) is 4.09. The summed E-state index contributed by atoms with van der Waals surface area (Å²) < 4.78 is 5.76. The van der Waals surface area contributed by atoms with E-state index in [0.717, 1.165) is 22.6 Å². The average Bonchev–Trinajstić information content (AvgIpc) is 2.87. The van der Waals surface area contributed by atoms with Crippen molar-refractivity contribution < 1.29 is 14.6 Å². The molecule has 1 unspecified atom stereocenters. The lowest BCUT2D eigenvalue weighted by molar-refractivity contribution is -0.121. The highest BCUT2D eigenvalue weighted by molar-refractivity contribution is 7.13. The Morgan fingerprint density at radius 3 is 3.08 bits per heavy atom. The van der Waals surface area contributed by atoms with Gasteiger partial charge in [-0.2, -0.15) is 0 Å². The van der Waals surface area contributed by atoms with E-state index in [2.05, 4.69) is 15.2 Å². The molecule has 0 radical (unpaired) electrons. The number of aliphatic hydroxyl groups is 1. The van der Waals surface area contributed by atoms with E-state index in [4.69, 9.17) is 4.74 Å². The van der Waals surface area contributed by atoms with Gasteiger partial charge in [-0.15, -0.1) is 11.3 Å². The van der Waals surface area contributed by atoms with Crippen LogP contribution >= 0.6 is 11.3 Å². The number of ether oxygens (including phenoxy) is 1. The second-order valence-electron chi connectivity index (χ2n) is 5.88. The summed E-state index contributed by atoms with van der Waals surface area (Å²) in [5.41, 5.74) is 2.73. The van der Waals surface area contributed by atoms with Crippen molar-refractivity contribution >= 4 is 22.4 Å². The van der Waals surface area contributed by atoms with Crippen LogP contribution in [0.1, 0.15) is 23.7 Å². The molecule has 1 aliphatic rings. The number of benzene rings is 1. The Morgan fingerprint density at radius 1 is 1.54 bits per heavy atom. The molecule has 2 heterocycles. The van der Waals surface area contributed by atoms with Crippen molar-refractivity contribution in [1.82, 2.24) is 9.88 Å². The van der Waals surface area contributed by atoms with Crippen molar-refractivity contribution in [3.8, 4) is 5.75 Å². The first kappa shape index (κ1) is 16.9. The number of thiazole rings is 1. The number of amides is 1. The van der Waals surface area contributed by atoms with Crippen molar-refractivity contribution in [2.24, 2.45) is 0 Å². The summed E-state index contributed by atoms with van der Waals surface area (Å²) in [7, 11) is 0. The maximum atomic E-state index is 12.5. The smallest absolute Gasteiger partial charge is 0.243 e. The summed E-state index contributed by atoms with van der Waals surface area (Å²) >= 11 is 1.43. The third kappa shape index (κ3) is 3.75. The molecular formula is C17H21N3O3S. The van der Waals surface area contributed by atoms with Crippen LogP contribution in [0.5, 0.6) is 5.75 Å². The number of aliphatic hydroxyl groups excluding tert-OH is 1. The summed E-state index contributed by atoms with van der Waals surface area (Å²) in [6.07, 6.45) is 0. The Kier molecular flexibility index (Phi) is 5.13. The van der Waals surface area contributed by atoms with Gasteiger partial charge in [0.05, 0.1) is 18.3 Å². The molecule has 24 heavy (non-hydrogen) atoms. The largest absolute Gasteiger partial charge is 0.492 e. The van der Waals surface area contributed by atoms with E-state index in [1.807, 2.05) is 37.4 Å². The van der Waals surface area contributed by atoms with Crippen LogP contribution < -0.4 is 10.1 Å². The zero-order valence-corrected chi connectivity index (χ0v) is 14.6. The topological polar surface area (TPSA) is 74.7 Å². The van der Waals surface area contributed by atoms with E-state index in [1.165, 1.54) is 11.3 Å². The average molecular weight is 347 g/mol. The number of carbonyl (C=O) groups is 1. The SMILES string of the molecule is Cc1csc(NC(=O)C(C)N2CCOc3ccc(CO)cc3C2)n1. The predicted octanol–water partition coefficient (Wildman–Crippen LogP) is 2.17. The van der Waals surface area contributed by atoms with E-state index < -0.39 is 0 Å². The lowest BCUT2D eigenvalue weighted by Gasteiger charge is -2.25. The predicted molar refractivity (Wildman–Crippen MR) is 93.2 cm³/mol. The van der Waals surface area contributed by atoms with Crippen molar-refractivity contribution in [3.05, 3.63) is 40.4 Å². The highest BCUT2D eigenvalue weighted by atomic mass is 32.1. The van der Waals surface area contributed by atoms with Crippen molar-refractivity contribution in [2.75, 3.05) is 18.5 Å². The van der Waals surface area contributed by atoms with Gasteiger partial charge in [-0.3, -0.25) is 9.69 Å².